The number of amides is 1. The van der Waals surface area contributed by atoms with Gasteiger partial charge in [-0.05, 0) is 26.8 Å². The van der Waals surface area contributed by atoms with Crippen LogP contribution in [0.3, 0.4) is 0 Å². The maximum Gasteiger partial charge on any atom is 0.408 e. The molecule has 0 rings (SSSR count). The van der Waals surface area contributed by atoms with Gasteiger partial charge in [-0.15, -0.1) is 0 Å². The summed E-state index contributed by atoms with van der Waals surface area (Å²) in [5.41, 5.74) is -0.813. The number of hydrogen-bond acceptors (Lipinski definition) is 4. The van der Waals surface area contributed by atoms with Crippen LogP contribution < -0.4 is 5.32 Å². The first-order chi connectivity index (χ1) is 8.51. The summed E-state index contributed by atoms with van der Waals surface area (Å²) in [6, 6.07) is -1.32. The fourth-order valence-corrected chi connectivity index (χ4v) is 1.05. The molecule has 0 radical (unpaired) electrons. The molecule has 0 saturated carbocycles. The van der Waals surface area contributed by atoms with Gasteiger partial charge in [0, 0.05) is 0 Å². The van der Waals surface area contributed by atoms with Crippen LogP contribution in [0.2, 0.25) is 0 Å². The van der Waals surface area contributed by atoms with Crippen molar-refractivity contribution >= 4 is 18.0 Å². The minimum absolute atomic E-state index is 0.500. The maximum absolute atomic E-state index is 12.9. The first kappa shape index (κ1) is 16.9. The quantitative estimate of drug-likeness (QED) is 0.653. The Morgan fingerprint density at radius 2 is 1.84 bits per heavy atom. The summed E-state index contributed by atoms with van der Waals surface area (Å²) in [7, 11) is 0. The molecule has 0 aromatic heterocycles. The molecule has 0 heterocycles. The van der Waals surface area contributed by atoms with Gasteiger partial charge in [0.2, 0.25) is 5.83 Å². The van der Waals surface area contributed by atoms with E-state index in [1.807, 2.05) is 0 Å². The fraction of sp³-hybridized carbons (Fsp3) is 0.545. The second-order valence-electron chi connectivity index (χ2n) is 4.67. The van der Waals surface area contributed by atoms with Gasteiger partial charge in [-0.1, -0.05) is 0 Å². The molecule has 8 heteroatoms. The predicted molar refractivity (Wildman–Crippen MR) is 62.2 cm³/mol. The molecule has 0 saturated heterocycles. The van der Waals surface area contributed by atoms with E-state index in [1.165, 1.54) is 0 Å². The molecule has 0 fully saturated rings. The van der Waals surface area contributed by atoms with E-state index in [-0.39, 0.29) is 0 Å². The van der Waals surface area contributed by atoms with Gasteiger partial charge in [-0.3, -0.25) is 4.79 Å². The smallest absolute Gasteiger partial charge is 0.408 e. The Hall–Kier alpha value is -2.12. The van der Waals surface area contributed by atoms with Crippen LogP contribution in [0.4, 0.5) is 9.18 Å². The highest BCUT2D eigenvalue weighted by atomic mass is 19.1. The van der Waals surface area contributed by atoms with Crippen LogP contribution in [0.1, 0.15) is 27.2 Å². The van der Waals surface area contributed by atoms with Crippen LogP contribution in [0.25, 0.3) is 0 Å². The highest BCUT2D eigenvalue weighted by molar-refractivity contribution is 5.84. The van der Waals surface area contributed by atoms with Crippen molar-refractivity contribution in [1.29, 1.82) is 0 Å². The van der Waals surface area contributed by atoms with E-state index in [2.05, 4.69) is 5.32 Å². The number of hydrogen-bond donors (Lipinski definition) is 3. The molecule has 0 bridgehead atoms. The lowest BCUT2D eigenvalue weighted by atomic mass is 10.2. The van der Waals surface area contributed by atoms with Gasteiger partial charge in [0.05, 0.1) is 12.5 Å². The predicted octanol–water partition coefficient (Wildman–Crippen LogP) is 1.29. The van der Waals surface area contributed by atoms with Gasteiger partial charge in [0.25, 0.3) is 0 Å². The SMILES string of the molecule is CC(C)(C)OC(=O)N[C@H](C=C(F)C(=O)O)CC(=O)O. The molecule has 3 N–H and O–H groups in total. The van der Waals surface area contributed by atoms with Gasteiger partial charge < -0.3 is 20.3 Å². The number of ether oxygens (including phenoxy) is 1. The van der Waals surface area contributed by atoms with E-state index in [4.69, 9.17) is 14.9 Å². The lowest BCUT2D eigenvalue weighted by Crippen LogP contribution is -2.39. The van der Waals surface area contributed by atoms with Crippen molar-refractivity contribution in [3.8, 4) is 0 Å². The van der Waals surface area contributed by atoms with Gasteiger partial charge in [-0.25, -0.2) is 9.59 Å². The number of carbonyl (C=O) groups excluding carboxylic acids is 1. The number of carboxylic acid groups (broad SMARTS) is 2. The Morgan fingerprint density at radius 3 is 2.21 bits per heavy atom. The molecule has 0 aromatic carbocycles. The number of carboxylic acids is 2. The number of carbonyl (C=O) groups is 3. The maximum atomic E-state index is 12.9. The molecule has 1 atom stereocenters. The highest BCUT2D eigenvalue weighted by Crippen LogP contribution is 2.08. The molecule has 0 spiro atoms. The summed E-state index contributed by atoms with van der Waals surface area (Å²) >= 11 is 0. The third-order valence-corrected chi connectivity index (χ3v) is 1.65. The summed E-state index contributed by atoms with van der Waals surface area (Å²) in [6.45, 7) is 4.77. The van der Waals surface area contributed by atoms with Crippen molar-refractivity contribution in [2.75, 3.05) is 0 Å². The zero-order chi connectivity index (χ0) is 15.2. The Kier molecular flexibility index (Phi) is 5.97. The van der Waals surface area contributed by atoms with Gasteiger partial charge in [-0.2, -0.15) is 4.39 Å². The van der Waals surface area contributed by atoms with Crippen molar-refractivity contribution in [1.82, 2.24) is 5.32 Å². The van der Waals surface area contributed by atoms with Crippen LogP contribution in [0.15, 0.2) is 11.9 Å². The van der Waals surface area contributed by atoms with E-state index < -0.39 is 41.9 Å². The monoisotopic (exact) mass is 277 g/mol. The van der Waals surface area contributed by atoms with E-state index >= 15 is 0 Å². The Morgan fingerprint density at radius 1 is 1.32 bits per heavy atom. The summed E-state index contributed by atoms with van der Waals surface area (Å²) in [5, 5.41) is 19.0. The average Bonchev–Trinajstić information content (AvgIpc) is 2.12. The van der Waals surface area contributed by atoms with Crippen molar-refractivity contribution < 1.29 is 33.7 Å². The van der Waals surface area contributed by atoms with Crippen LogP contribution in [-0.4, -0.2) is 39.9 Å². The number of rotatable bonds is 5. The number of halogens is 1. The third-order valence-electron chi connectivity index (χ3n) is 1.65. The normalized spacial score (nSPS) is 13.6. The molecule has 0 aliphatic heterocycles. The summed E-state index contributed by atoms with van der Waals surface area (Å²) in [5.74, 6) is -4.72. The zero-order valence-electron chi connectivity index (χ0n) is 10.8. The van der Waals surface area contributed by atoms with Gasteiger partial charge in [0.15, 0.2) is 0 Å². The summed E-state index contributed by atoms with van der Waals surface area (Å²) in [4.78, 5) is 32.2. The largest absolute Gasteiger partial charge is 0.481 e. The van der Waals surface area contributed by atoms with Crippen LogP contribution in [-0.2, 0) is 14.3 Å². The van der Waals surface area contributed by atoms with Gasteiger partial charge in [0.1, 0.15) is 5.60 Å². The average molecular weight is 277 g/mol. The zero-order valence-corrected chi connectivity index (χ0v) is 10.8. The van der Waals surface area contributed by atoms with Crippen molar-refractivity contribution in [3.63, 3.8) is 0 Å². The van der Waals surface area contributed by atoms with E-state index in [9.17, 15) is 18.8 Å². The molecular weight excluding hydrogens is 261 g/mol. The van der Waals surface area contributed by atoms with E-state index in [1.54, 1.807) is 20.8 Å². The minimum atomic E-state index is -1.85. The van der Waals surface area contributed by atoms with Crippen molar-refractivity contribution in [2.24, 2.45) is 0 Å². The Bertz CT molecular complexity index is 398. The van der Waals surface area contributed by atoms with E-state index in [0.29, 0.717) is 6.08 Å². The second kappa shape index (κ2) is 6.72. The topological polar surface area (TPSA) is 113 Å². The highest BCUT2D eigenvalue weighted by Gasteiger charge is 2.21. The first-order valence-electron chi connectivity index (χ1n) is 5.33. The first-order valence-corrected chi connectivity index (χ1v) is 5.33. The lowest BCUT2D eigenvalue weighted by Gasteiger charge is -2.21. The summed E-state index contributed by atoms with van der Waals surface area (Å²) < 4.78 is 17.7. The molecule has 0 aliphatic carbocycles. The molecule has 108 valence electrons. The van der Waals surface area contributed by atoms with Crippen molar-refractivity contribution in [2.45, 2.75) is 38.8 Å². The number of nitrogens with one attached hydrogen (secondary N) is 1. The summed E-state index contributed by atoms with van der Waals surface area (Å²) in [6.07, 6.45) is -1.13. The standard InChI is InChI=1S/C11H16FNO6/c1-11(2,3)19-10(18)13-6(5-8(14)15)4-7(12)9(16)17/h4,6H,5H2,1-3H3,(H,13,18)(H,14,15)(H,16,17)/t6-/m1/s1. The van der Waals surface area contributed by atoms with Crippen LogP contribution >= 0.6 is 0 Å². The molecule has 1 amide bonds. The number of aliphatic carboxylic acids is 2. The van der Waals surface area contributed by atoms with Crippen LogP contribution in [0.5, 0.6) is 0 Å². The Balaban J connectivity index is 4.79. The van der Waals surface area contributed by atoms with Crippen molar-refractivity contribution in [3.05, 3.63) is 11.9 Å². The molecule has 0 aliphatic rings. The molecule has 7 nitrogen and oxygen atoms in total. The van der Waals surface area contributed by atoms with Crippen LogP contribution in [0, 0.1) is 0 Å². The molecule has 19 heavy (non-hydrogen) atoms. The fourth-order valence-electron chi connectivity index (χ4n) is 1.05. The molecule has 0 aromatic rings. The van der Waals surface area contributed by atoms with E-state index in [0.717, 1.165) is 0 Å². The minimum Gasteiger partial charge on any atom is -0.481 e. The lowest BCUT2D eigenvalue weighted by molar-refractivity contribution is -0.137. The molecule has 0 unspecified atom stereocenters. The second-order valence-corrected chi connectivity index (χ2v) is 4.67. The molecular formula is C11H16FNO6. The Labute approximate surface area is 109 Å². The van der Waals surface area contributed by atoms with Gasteiger partial charge >= 0.3 is 18.0 Å². The third kappa shape index (κ3) is 8.58. The number of alkyl carbamates (subject to hydrolysis) is 1.